The van der Waals surface area contributed by atoms with E-state index in [1.807, 2.05) is 70.0 Å². The number of hydrogen-bond acceptors (Lipinski definition) is 13. The molecule has 2 aromatic rings. The highest BCUT2D eigenvalue weighted by atomic mass is 32.1. The Morgan fingerprint density at radius 2 is 1.64 bits per heavy atom. The number of thiazole rings is 1. The number of ether oxygens (including phenoxy) is 1. The van der Waals surface area contributed by atoms with Crippen molar-refractivity contribution in [3.8, 4) is 0 Å². The molecule has 1 aromatic heterocycles. The lowest BCUT2D eigenvalue weighted by Crippen LogP contribution is -2.58. The van der Waals surface area contributed by atoms with Crippen molar-refractivity contribution in [1.82, 2.24) is 35.8 Å². The molecule has 7 atom stereocenters. The van der Waals surface area contributed by atoms with Gasteiger partial charge in [0.05, 0.1) is 6.04 Å². The number of imide groups is 1. The summed E-state index contributed by atoms with van der Waals surface area (Å²) >= 11 is 1.18. The Hall–Kier alpha value is -5.23. The standard InChI is InChI=1S/C48H71N7O10S/c1-9-31(4)43(52-46(62)37-20-15-17-25-53(37)7)48(63)54(8)38(30(2)3)28-39(64-33(6)56)47-51-36(29-66-47)45(61)50-35(27-34-18-12-10-13-19-34)26-32(5)44(60)49-24-16-11-14-21-42(59)65-55-40(57)22-23-41(55)58/h10,12-13,18-19,29-32,35,37-39,43H,9,11,14-17,20-28H2,1-8H3,(H,49,60)(H,50,61)(H,52,62)/t31-,32-,35+,37+,38+,39+,43-/m0/s1. The van der Waals surface area contributed by atoms with Crippen LogP contribution in [0, 0.1) is 17.8 Å². The van der Waals surface area contributed by atoms with Gasteiger partial charge in [0.15, 0.2) is 6.10 Å². The van der Waals surface area contributed by atoms with Crippen LogP contribution in [-0.2, 0) is 49.6 Å². The lowest BCUT2D eigenvalue weighted by atomic mass is 9.92. The molecule has 0 bridgehead atoms. The third-order valence-electron chi connectivity index (χ3n) is 12.6. The number of aromatic nitrogens is 1. The molecule has 3 heterocycles. The summed E-state index contributed by atoms with van der Waals surface area (Å²) in [5, 5.41) is 11.7. The van der Waals surface area contributed by atoms with E-state index in [9.17, 15) is 38.4 Å². The van der Waals surface area contributed by atoms with Crippen LogP contribution in [0.25, 0.3) is 0 Å². The van der Waals surface area contributed by atoms with Crippen LogP contribution in [-0.4, -0.2) is 119 Å². The number of unbranched alkanes of at least 4 members (excludes halogenated alkanes) is 2. The molecule has 66 heavy (non-hydrogen) atoms. The molecule has 0 aliphatic carbocycles. The van der Waals surface area contributed by atoms with Gasteiger partial charge in [0.2, 0.25) is 17.7 Å². The first kappa shape index (κ1) is 53.4. The highest BCUT2D eigenvalue weighted by molar-refractivity contribution is 7.09. The van der Waals surface area contributed by atoms with E-state index in [4.69, 9.17) is 9.57 Å². The SMILES string of the molecule is CC[C@H](C)[C@H](NC(=O)[C@H]1CCCCN1C)C(=O)N(C)[C@H](C[C@@H](OC(C)=O)c1nc(C(=O)N[C@@H](Cc2ccccc2)C[C@H](C)C(=O)NCCCCCC(=O)ON2C(=O)CCC2=O)cs1)C(C)C. The van der Waals surface area contributed by atoms with Gasteiger partial charge in [-0.05, 0) is 69.5 Å². The quantitative estimate of drug-likeness (QED) is 0.0659. The largest absolute Gasteiger partial charge is 0.455 e. The van der Waals surface area contributed by atoms with Crippen molar-refractivity contribution >= 4 is 58.7 Å². The molecule has 6 amide bonds. The maximum absolute atomic E-state index is 14.3. The molecule has 0 radical (unpaired) electrons. The van der Waals surface area contributed by atoms with E-state index in [-0.39, 0.29) is 67.0 Å². The zero-order valence-electron chi connectivity index (χ0n) is 40.0. The van der Waals surface area contributed by atoms with Crippen molar-refractivity contribution in [1.29, 1.82) is 0 Å². The number of carbonyl (C=O) groups excluding carboxylic acids is 8. The molecule has 17 nitrogen and oxygen atoms in total. The Kier molecular flexibility index (Phi) is 21.2. The van der Waals surface area contributed by atoms with Gasteiger partial charge in [0.1, 0.15) is 16.7 Å². The average molecular weight is 938 g/mol. The molecule has 2 aliphatic rings. The van der Waals surface area contributed by atoms with Crippen LogP contribution < -0.4 is 16.0 Å². The lowest BCUT2D eigenvalue weighted by Gasteiger charge is -2.38. The Balaban J connectivity index is 1.38. The molecule has 18 heteroatoms. The number of benzene rings is 1. The molecule has 364 valence electrons. The summed E-state index contributed by atoms with van der Waals surface area (Å²) in [7, 11) is 3.65. The fraction of sp³-hybridized carbons (Fsp3) is 0.646. The Morgan fingerprint density at radius 1 is 0.939 bits per heavy atom. The van der Waals surface area contributed by atoms with E-state index in [1.54, 1.807) is 24.3 Å². The van der Waals surface area contributed by atoms with Crippen LogP contribution in [0.1, 0.15) is 146 Å². The van der Waals surface area contributed by atoms with Gasteiger partial charge >= 0.3 is 11.9 Å². The van der Waals surface area contributed by atoms with Crippen LogP contribution >= 0.6 is 11.3 Å². The van der Waals surface area contributed by atoms with Crippen LogP contribution in [0.4, 0.5) is 0 Å². The van der Waals surface area contributed by atoms with E-state index >= 15 is 0 Å². The smallest absolute Gasteiger partial charge is 0.333 e. The molecule has 2 fully saturated rings. The van der Waals surface area contributed by atoms with Gasteiger partial charge < -0.3 is 30.4 Å². The second-order valence-corrected chi connectivity index (χ2v) is 19.1. The number of nitrogens with one attached hydrogen (secondary N) is 3. The second kappa shape index (κ2) is 26.2. The second-order valence-electron chi connectivity index (χ2n) is 18.2. The van der Waals surface area contributed by atoms with Gasteiger partial charge in [-0.1, -0.05) is 84.2 Å². The first-order chi connectivity index (χ1) is 31.4. The maximum atomic E-state index is 14.3. The molecule has 4 rings (SSSR count). The van der Waals surface area contributed by atoms with Gasteiger partial charge in [-0.3, -0.25) is 38.5 Å². The predicted octanol–water partition coefficient (Wildman–Crippen LogP) is 5.29. The third-order valence-corrected chi connectivity index (χ3v) is 13.5. The number of carbonyl (C=O) groups is 8. The molecule has 0 saturated carbocycles. The number of rotatable bonds is 25. The first-order valence-electron chi connectivity index (χ1n) is 23.5. The van der Waals surface area contributed by atoms with E-state index in [0.717, 1.165) is 31.4 Å². The predicted molar refractivity (Wildman–Crippen MR) is 248 cm³/mol. The summed E-state index contributed by atoms with van der Waals surface area (Å²) in [5.74, 6) is -3.95. The molecule has 2 saturated heterocycles. The van der Waals surface area contributed by atoms with Crippen molar-refractivity contribution in [2.24, 2.45) is 17.8 Å². The number of piperidine rings is 1. The highest BCUT2D eigenvalue weighted by Crippen LogP contribution is 2.31. The Labute approximate surface area is 393 Å². The van der Waals surface area contributed by atoms with Gasteiger partial charge in [-0.2, -0.15) is 0 Å². The van der Waals surface area contributed by atoms with E-state index in [2.05, 4.69) is 20.9 Å². The number of hydrogen-bond donors (Lipinski definition) is 3. The number of hydroxylamine groups is 2. The number of amides is 6. The summed E-state index contributed by atoms with van der Waals surface area (Å²) in [6.07, 6.45) is 5.27. The van der Waals surface area contributed by atoms with Gasteiger partial charge in [-0.25, -0.2) is 9.78 Å². The number of likely N-dealkylation sites (tertiary alicyclic amines) is 1. The van der Waals surface area contributed by atoms with Crippen molar-refractivity contribution in [2.75, 3.05) is 27.2 Å². The Morgan fingerprint density at radius 3 is 2.27 bits per heavy atom. The van der Waals surface area contributed by atoms with Crippen molar-refractivity contribution in [3.05, 3.63) is 52.0 Å². The van der Waals surface area contributed by atoms with Crippen LogP contribution in [0.5, 0.6) is 0 Å². The fourth-order valence-corrected chi connectivity index (χ4v) is 9.24. The van der Waals surface area contributed by atoms with E-state index in [0.29, 0.717) is 55.1 Å². The highest BCUT2D eigenvalue weighted by Gasteiger charge is 2.38. The van der Waals surface area contributed by atoms with Crippen molar-refractivity contribution in [3.63, 3.8) is 0 Å². The normalized spacial score (nSPS) is 18.1. The Bertz CT molecular complexity index is 1960. The molecular weight excluding hydrogens is 867 g/mol. The fourth-order valence-electron chi connectivity index (χ4n) is 8.41. The molecule has 1 aromatic carbocycles. The zero-order valence-corrected chi connectivity index (χ0v) is 40.8. The van der Waals surface area contributed by atoms with Crippen molar-refractivity contribution < 1.29 is 47.9 Å². The summed E-state index contributed by atoms with van der Waals surface area (Å²) in [4.78, 5) is 116. The van der Waals surface area contributed by atoms with Gasteiger partial charge in [0, 0.05) is 69.6 Å². The maximum Gasteiger partial charge on any atom is 0.333 e. The number of nitrogens with zero attached hydrogens (tertiary/aromatic N) is 4. The average Bonchev–Trinajstić information content (AvgIpc) is 3.91. The number of esters is 1. The summed E-state index contributed by atoms with van der Waals surface area (Å²) < 4.78 is 5.83. The minimum absolute atomic E-state index is 0.0304. The molecule has 2 aliphatic heterocycles. The molecule has 0 unspecified atom stereocenters. The summed E-state index contributed by atoms with van der Waals surface area (Å²) in [6, 6.07) is 7.71. The van der Waals surface area contributed by atoms with Crippen molar-refractivity contribution in [2.45, 2.75) is 155 Å². The van der Waals surface area contributed by atoms with E-state index < -0.39 is 59.8 Å². The summed E-state index contributed by atoms with van der Waals surface area (Å²) in [5.41, 5.74) is 1.10. The molecule has 0 spiro atoms. The van der Waals surface area contributed by atoms with Crippen LogP contribution in [0.15, 0.2) is 35.7 Å². The van der Waals surface area contributed by atoms with E-state index in [1.165, 1.54) is 18.3 Å². The first-order valence-corrected chi connectivity index (χ1v) is 24.4. The van der Waals surface area contributed by atoms with Gasteiger partial charge in [0.25, 0.3) is 17.7 Å². The minimum atomic E-state index is -0.867. The number of likely N-dealkylation sites (N-methyl/N-ethyl adjacent to an activating group) is 2. The molecule has 3 N–H and O–H groups in total. The monoisotopic (exact) mass is 937 g/mol. The zero-order chi connectivity index (χ0) is 48.5. The minimum Gasteiger partial charge on any atom is -0.455 e. The molecular formula is C48H71N7O10S. The van der Waals surface area contributed by atoms with Crippen LogP contribution in [0.3, 0.4) is 0 Å². The summed E-state index contributed by atoms with van der Waals surface area (Å²) in [6.45, 7) is 12.2. The van der Waals surface area contributed by atoms with Gasteiger partial charge in [-0.15, -0.1) is 16.4 Å². The lowest BCUT2D eigenvalue weighted by molar-refractivity contribution is -0.197. The topological polar surface area (TPSA) is 214 Å². The third kappa shape index (κ3) is 16.0. The van der Waals surface area contributed by atoms with Crippen LogP contribution in [0.2, 0.25) is 0 Å².